The molecule has 6 heteroatoms. The highest BCUT2D eigenvalue weighted by atomic mass is 16.6. The number of hydrogen-bond acceptors (Lipinski definition) is 5. The van der Waals surface area contributed by atoms with Gasteiger partial charge in [0.25, 0.3) is 0 Å². The molecule has 27 heavy (non-hydrogen) atoms. The van der Waals surface area contributed by atoms with Gasteiger partial charge in [0, 0.05) is 29.9 Å². The van der Waals surface area contributed by atoms with Gasteiger partial charge in [-0.1, -0.05) is 12.1 Å². The first kappa shape index (κ1) is 19.0. The summed E-state index contributed by atoms with van der Waals surface area (Å²) < 4.78 is 11.2. The van der Waals surface area contributed by atoms with E-state index in [9.17, 15) is 4.79 Å². The van der Waals surface area contributed by atoms with Crippen LogP contribution in [0.25, 0.3) is 0 Å². The second-order valence-corrected chi connectivity index (χ2v) is 7.76. The zero-order chi connectivity index (χ0) is 19.4. The summed E-state index contributed by atoms with van der Waals surface area (Å²) in [4.78, 5) is 16.4. The summed E-state index contributed by atoms with van der Waals surface area (Å²) >= 11 is 0. The molecule has 144 valence electrons. The van der Waals surface area contributed by atoms with Crippen molar-refractivity contribution in [3.05, 3.63) is 47.7 Å². The fourth-order valence-corrected chi connectivity index (χ4v) is 3.03. The van der Waals surface area contributed by atoms with Gasteiger partial charge in [0.2, 0.25) is 0 Å². The molecule has 1 aliphatic heterocycles. The van der Waals surface area contributed by atoms with Crippen LogP contribution in [0.1, 0.15) is 44.4 Å². The summed E-state index contributed by atoms with van der Waals surface area (Å²) in [5, 5.41) is 6.17. The Balaban J connectivity index is 1.66. The first-order valence-corrected chi connectivity index (χ1v) is 9.24. The van der Waals surface area contributed by atoms with Crippen LogP contribution in [0.15, 0.2) is 36.4 Å². The van der Waals surface area contributed by atoms with Crippen molar-refractivity contribution in [2.75, 3.05) is 18.5 Å². The summed E-state index contributed by atoms with van der Waals surface area (Å²) in [5.41, 5.74) is 2.48. The highest BCUT2D eigenvalue weighted by Gasteiger charge is 2.23. The van der Waals surface area contributed by atoms with E-state index < -0.39 is 5.60 Å². The molecule has 0 bridgehead atoms. The van der Waals surface area contributed by atoms with E-state index in [0.29, 0.717) is 13.2 Å². The third-order valence-electron chi connectivity index (χ3n) is 4.23. The molecular formula is C21H27N3O3. The lowest BCUT2D eigenvalue weighted by atomic mass is 9.93. The third-order valence-corrected chi connectivity index (χ3v) is 4.23. The molecule has 2 N–H and O–H groups in total. The van der Waals surface area contributed by atoms with Gasteiger partial charge in [0.05, 0.1) is 6.61 Å². The van der Waals surface area contributed by atoms with Crippen molar-refractivity contribution < 1.29 is 14.3 Å². The van der Waals surface area contributed by atoms with Gasteiger partial charge in [0.1, 0.15) is 17.2 Å². The lowest BCUT2D eigenvalue weighted by Gasteiger charge is -2.27. The predicted octanol–water partition coefficient (Wildman–Crippen LogP) is 4.52. The van der Waals surface area contributed by atoms with E-state index in [4.69, 9.17) is 9.47 Å². The Morgan fingerprint density at radius 3 is 2.85 bits per heavy atom. The quantitative estimate of drug-likeness (QED) is 0.829. The Hall–Kier alpha value is -2.76. The number of aryl methyl sites for hydroxylation is 1. The minimum atomic E-state index is -0.498. The van der Waals surface area contributed by atoms with Gasteiger partial charge in [-0.3, -0.25) is 0 Å². The number of carbonyl (C=O) groups is 1. The molecule has 1 aliphatic rings. The summed E-state index contributed by atoms with van der Waals surface area (Å²) in [6.45, 7) is 8.68. The Labute approximate surface area is 160 Å². The molecule has 1 aromatic carbocycles. The minimum Gasteiger partial charge on any atom is -0.493 e. The van der Waals surface area contributed by atoms with Gasteiger partial charge in [-0.05, 0) is 57.9 Å². The molecular weight excluding hydrogens is 342 g/mol. The lowest BCUT2D eigenvalue weighted by Crippen LogP contribution is -2.35. The second kappa shape index (κ2) is 7.86. The number of amides is 1. The van der Waals surface area contributed by atoms with Crippen molar-refractivity contribution in [3.63, 3.8) is 0 Å². The van der Waals surface area contributed by atoms with Crippen LogP contribution in [0.3, 0.4) is 0 Å². The van der Waals surface area contributed by atoms with Crippen LogP contribution in [-0.2, 0) is 4.74 Å². The maximum absolute atomic E-state index is 11.9. The number of carbonyl (C=O) groups excluding carboxylic acids is 1. The molecule has 6 nitrogen and oxygen atoms in total. The monoisotopic (exact) mass is 369 g/mol. The Bertz CT molecular complexity index is 815. The van der Waals surface area contributed by atoms with E-state index in [2.05, 4.69) is 15.6 Å². The summed E-state index contributed by atoms with van der Waals surface area (Å²) in [7, 11) is 0. The number of fused-ring (bicyclic) bond motifs is 1. The maximum atomic E-state index is 11.9. The van der Waals surface area contributed by atoms with E-state index in [-0.39, 0.29) is 12.0 Å². The van der Waals surface area contributed by atoms with Crippen molar-refractivity contribution in [2.24, 2.45) is 0 Å². The van der Waals surface area contributed by atoms with E-state index in [1.54, 1.807) is 0 Å². The summed E-state index contributed by atoms with van der Waals surface area (Å²) in [6.07, 6.45) is 0.467. The van der Waals surface area contributed by atoms with E-state index in [1.165, 1.54) is 0 Å². The fourth-order valence-electron chi connectivity index (χ4n) is 3.03. The van der Waals surface area contributed by atoms with Crippen LogP contribution in [0.2, 0.25) is 0 Å². The van der Waals surface area contributed by atoms with Crippen LogP contribution < -0.4 is 15.4 Å². The second-order valence-electron chi connectivity index (χ2n) is 7.76. The van der Waals surface area contributed by atoms with Crippen LogP contribution in [0.4, 0.5) is 16.3 Å². The molecule has 0 radical (unpaired) electrons. The SMILES string of the molecule is Cc1cccc(Nc2ccc3c(c2)OCC[C@H]3CNC(=O)OC(C)(C)C)n1. The molecule has 2 heterocycles. The van der Waals surface area contributed by atoms with E-state index >= 15 is 0 Å². The average molecular weight is 369 g/mol. The molecule has 0 unspecified atom stereocenters. The van der Waals surface area contributed by atoms with Crippen molar-refractivity contribution in [2.45, 2.75) is 45.6 Å². The number of nitrogens with zero attached hydrogens (tertiary/aromatic N) is 1. The Morgan fingerprint density at radius 2 is 2.11 bits per heavy atom. The van der Waals surface area contributed by atoms with Crippen LogP contribution in [0.5, 0.6) is 5.75 Å². The van der Waals surface area contributed by atoms with Crippen molar-refractivity contribution >= 4 is 17.6 Å². The van der Waals surface area contributed by atoms with Gasteiger partial charge < -0.3 is 20.1 Å². The first-order chi connectivity index (χ1) is 12.8. The van der Waals surface area contributed by atoms with Crippen molar-refractivity contribution in [1.29, 1.82) is 0 Å². The van der Waals surface area contributed by atoms with Crippen LogP contribution in [0, 0.1) is 6.92 Å². The first-order valence-electron chi connectivity index (χ1n) is 9.24. The molecule has 0 spiro atoms. The average Bonchev–Trinajstić information content (AvgIpc) is 2.58. The third kappa shape index (κ3) is 5.36. The maximum Gasteiger partial charge on any atom is 0.407 e. The molecule has 0 fully saturated rings. The molecule has 2 aromatic rings. The molecule has 1 atom stereocenters. The number of hydrogen-bond donors (Lipinski definition) is 2. The highest BCUT2D eigenvalue weighted by Crippen LogP contribution is 2.35. The number of ether oxygens (including phenoxy) is 2. The van der Waals surface area contributed by atoms with E-state index in [0.717, 1.165) is 34.9 Å². The van der Waals surface area contributed by atoms with Crippen LogP contribution >= 0.6 is 0 Å². The standard InChI is InChI=1S/C21H27N3O3/c1-14-6-5-7-19(23-14)24-16-8-9-17-15(10-11-26-18(17)12-16)13-22-20(25)27-21(2,3)4/h5-9,12,15H,10-11,13H2,1-4H3,(H,22,25)(H,23,24)/t15-/m0/s1. The van der Waals surface area contributed by atoms with Gasteiger partial charge in [-0.2, -0.15) is 0 Å². The van der Waals surface area contributed by atoms with Crippen LogP contribution in [-0.4, -0.2) is 29.8 Å². The number of anilines is 2. The summed E-state index contributed by atoms with van der Waals surface area (Å²) in [6, 6.07) is 11.9. The number of aromatic nitrogens is 1. The normalized spacial score (nSPS) is 16.1. The smallest absolute Gasteiger partial charge is 0.407 e. The Kier molecular flexibility index (Phi) is 5.54. The molecule has 0 saturated heterocycles. The van der Waals surface area contributed by atoms with Gasteiger partial charge in [-0.15, -0.1) is 0 Å². The van der Waals surface area contributed by atoms with Gasteiger partial charge >= 0.3 is 6.09 Å². The topological polar surface area (TPSA) is 72.5 Å². The highest BCUT2D eigenvalue weighted by molar-refractivity contribution is 5.68. The number of nitrogens with one attached hydrogen (secondary N) is 2. The molecule has 0 saturated carbocycles. The molecule has 0 aliphatic carbocycles. The number of benzene rings is 1. The number of rotatable bonds is 4. The Morgan fingerprint density at radius 1 is 1.30 bits per heavy atom. The van der Waals surface area contributed by atoms with Crippen molar-refractivity contribution in [1.82, 2.24) is 10.3 Å². The lowest BCUT2D eigenvalue weighted by molar-refractivity contribution is 0.0521. The zero-order valence-corrected chi connectivity index (χ0v) is 16.3. The summed E-state index contributed by atoms with van der Waals surface area (Å²) in [5.74, 6) is 1.84. The number of pyridine rings is 1. The fraction of sp³-hybridized carbons (Fsp3) is 0.429. The number of alkyl carbamates (subject to hydrolysis) is 1. The largest absolute Gasteiger partial charge is 0.493 e. The van der Waals surface area contributed by atoms with Gasteiger partial charge in [0.15, 0.2) is 0 Å². The minimum absolute atomic E-state index is 0.201. The predicted molar refractivity (Wildman–Crippen MR) is 106 cm³/mol. The molecule has 1 aromatic heterocycles. The molecule has 3 rings (SSSR count). The van der Waals surface area contributed by atoms with Crippen molar-refractivity contribution in [3.8, 4) is 5.75 Å². The van der Waals surface area contributed by atoms with E-state index in [1.807, 2.05) is 64.1 Å². The molecule has 1 amide bonds. The zero-order valence-electron chi connectivity index (χ0n) is 16.3. The van der Waals surface area contributed by atoms with Gasteiger partial charge in [-0.25, -0.2) is 9.78 Å².